The Morgan fingerprint density at radius 2 is 1.48 bits per heavy atom. The number of fused-ring (bicyclic) bond motifs is 1. The van der Waals surface area contributed by atoms with E-state index in [-0.39, 0.29) is 0 Å². The molecule has 2 aliphatic rings. The topological polar surface area (TPSA) is 75.9 Å². The molecule has 0 amide bonds. The molecule has 8 nitrogen and oxygen atoms in total. The van der Waals surface area contributed by atoms with Crippen molar-refractivity contribution in [3.8, 4) is 5.82 Å². The third kappa shape index (κ3) is 2.90. The minimum Gasteiger partial charge on any atom is -0.356 e. The van der Waals surface area contributed by atoms with Crippen LogP contribution in [0.15, 0.2) is 37.1 Å². The summed E-state index contributed by atoms with van der Waals surface area (Å²) in [5.74, 6) is 4.10. The van der Waals surface area contributed by atoms with E-state index in [1.54, 1.807) is 12.7 Å². The predicted molar refractivity (Wildman–Crippen MR) is 102 cm³/mol. The summed E-state index contributed by atoms with van der Waals surface area (Å²) in [6.45, 7) is 8.14. The summed E-state index contributed by atoms with van der Waals surface area (Å²) in [7, 11) is 0. The normalized spacial score (nSPS) is 21.7. The molecule has 0 spiro atoms. The van der Waals surface area contributed by atoms with Crippen LogP contribution in [0.5, 0.6) is 0 Å². The molecule has 0 N–H and O–H groups in total. The van der Waals surface area contributed by atoms with Crippen LogP contribution in [0.2, 0.25) is 0 Å². The Bertz CT molecular complexity index is 939. The SMILES string of the molecule is Cc1cc(C)n(-c2cc(N3CC4CN(c5ccncn5)CC4C3)ncn2)n1. The maximum absolute atomic E-state index is 4.54. The van der Waals surface area contributed by atoms with Gasteiger partial charge in [-0.05, 0) is 26.0 Å². The summed E-state index contributed by atoms with van der Waals surface area (Å²) in [6.07, 6.45) is 5.07. The van der Waals surface area contributed by atoms with Gasteiger partial charge in [-0.2, -0.15) is 5.10 Å². The van der Waals surface area contributed by atoms with Crippen LogP contribution in [-0.4, -0.2) is 55.9 Å². The maximum Gasteiger partial charge on any atom is 0.159 e. The van der Waals surface area contributed by atoms with Gasteiger partial charge in [-0.15, -0.1) is 0 Å². The Hall–Kier alpha value is -3.03. The number of aromatic nitrogens is 6. The first-order valence-electron chi connectivity index (χ1n) is 9.29. The van der Waals surface area contributed by atoms with Gasteiger partial charge >= 0.3 is 0 Å². The fourth-order valence-corrected chi connectivity index (χ4v) is 4.32. The molecule has 5 heterocycles. The molecule has 2 fully saturated rings. The summed E-state index contributed by atoms with van der Waals surface area (Å²) >= 11 is 0. The molecular formula is C19H22N8. The highest BCUT2D eigenvalue weighted by Crippen LogP contribution is 2.35. The molecule has 8 heteroatoms. The van der Waals surface area contributed by atoms with Crippen molar-refractivity contribution < 1.29 is 0 Å². The van der Waals surface area contributed by atoms with E-state index in [2.05, 4.69) is 40.9 Å². The molecule has 5 rings (SSSR count). The van der Waals surface area contributed by atoms with Crippen LogP contribution in [0.1, 0.15) is 11.4 Å². The highest BCUT2D eigenvalue weighted by atomic mass is 15.3. The summed E-state index contributed by atoms with van der Waals surface area (Å²) in [4.78, 5) is 22.1. The van der Waals surface area contributed by atoms with Crippen molar-refractivity contribution in [1.29, 1.82) is 0 Å². The van der Waals surface area contributed by atoms with Crippen LogP contribution < -0.4 is 9.80 Å². The van der Waals surface area contributed by atoms with Crippen molar-refractivity contribution in [2.24, 2.45) is 11.8 Å². The van der Waals surface area contributed by atoms with Gasteiger partial charge in [0.2, 0.25) is 0 Å². The number of aryl methyl sites for hydroxylation is 2. The van der Waals surface area contributed by atoms with Gasteiger partial charge in [0.15, 0.2) is 5.82 Å². The first-order chi connectivity index (χ1) is 13.2. The lowest BCUT2D eigenvalue weighted by Crippen LogP contribution is -2.29. The maximum atomic E-state index is 4.54. The lowest BCUT2D eigenvalue weighted by molar-refractivity contribution is 0.533. The molecule has 27 heavy (non-hydrogen) atoms. The molecular weight excluding hydrogens is 340 g/mol. The third-order valence-electron chi connectivity index (χ3n) is 5.57. The average Bonchev–Trinajstić information content (AvgIpc) is 3.35. The van der Waals surface area contributed by atoms with Gasteiger partial charge in [0, 0.05) is 56.0 Å². The van der Waals surface area contributed by atoms with Crippen LogP contribution in [0, 0.1) is 25.7 Å². The van der Waals surface area contributed by atoms with E-state index in [1.807, 2.05) is 36.9 Å². The highest BCUT2D eigenvalue weighted by molar-refractivity contribution is 5.47. The van der Waals surface area contributed by atoms with Crippen molar-refractivity contribution in [1.82, 2.24) is 29.7 Å². The van der Waals surface area contributed by atoms with Gasteiger partial charge in [0.1, 0.15) is 24.3 Å². The van der Waals surface area contributed by atoms with Gasteiger partial charge in [0.05, 0.1) is 5.69 Å². The fourth-order valence-electron chi connectivity index (χ4n) is 4.32. The van der Waals surface area contributed by atoms with Crippen molar-refractivity contribution in [2.75, 3.05) is 36.0 Å². The third-order valence-corrected chi connectivity index (χ3v) is 5.57. The Labute approximate surface area is 157 Å². The minimum absolute atomic E-state index is 0.632. The zero-order valence-corrected chi connectivity index (χ0v) is 15.5. The number of hydrogen-bond acceptors (Lipinski definition) is 7. The van der Waals surface area contributed by atoms with Crippen LogP contribution >= 0.6 is 0 Å². The van der Waals surface area contributed by atoms with Gasteiger partial charge in [0.25, 0.3) is 0 Å². The van der Waals surface area contributed by atoms with Gasteiger partial charge in [-0.3, -0.25) is 0 Å². The number of rotatable bonds is 3. The van der Waals surface area contributed by atoms with Crippen molar-refractivity contribution in [3.05, 3.63) is 48.4 Å². The Morgan fingerprint density at radius 1 is 0.815 bits per heavy atom. The molecule has 0 radical (unpaired) electrons. The predicted octanol–water partition coefficient (Wildman–Crippen LogP) is 1.64. The van der Waals surface area contributed by atoms with Crippen LogP contribution in [0.25, 0.3) is 5.82 Å². The first kappa shape index (κ1) is 16.2. The highest BCUT2D eigenvalue weighted by Gasteiger charge is 2.40. The average molecular weight is 362 g/mol. The van der Waals surface area contributed by atoms with E-state index in [4.69, 9.17) is 0 Å². The van der Waals surface area contributed by atoms with Gasteiger partial charge < -0.3 is 9.80 Å². The molecule has 0 aliphatic carbocycles. The lowest BCUT2D eigenvalue weighted by Gasteiger charge is -2.23. The van der Waals surface area contributed by atoms with Gasteiger partial charge in [-0.1, -0.05) is 0 Å². The molecule has 2 atom stereocenters. The van der Waals surface area contributed by atoms with Gasteiger partial charge in [-0.25, -0.2) is 24.6 Å². The second kappa shape index (κ2) is 6.29. The lowest BCUT2D eigenvalue weighted by atomic mass is 10.0. The monoisotopic (exact) mass is 362 g/mol. The quantitative estimate of drug-likeness (QED) is 0.701. The van der Waals surface area contributed by atoms with Crippen molar-refractivity contribution >= 4 is 11.6 Å². The minimum atomic E-state index is 0.632. The van der Waals surface area contributed by atoms with Crippen molar-refractivity contribution in [3.63, 3.8) is 0 Å². The van der Waals surface area contributed by atoms with E-state index < -0.39 is 0 Å². The largest absolute Gasteiger partial charge is 0.356 e. The van der Waals surface area contributed by atoms with E-state index in [0.717, 1.165) is 55.0 Å². The molecule has 0 saturated carbocycles. The van der Waals surface area contributed by atoms with E-state index in [1.165, 1.54) is 0 Å². The zero-order valence-electron chi connectivity index (χ0n) is 15.5. The summed E-state index contributed by atoms with van der Waals surface area (Å²) in [6, 6.07) is 6.09. The summed E-state index contributed by atoms with van der Waals surface area (Å²) < 4.78 is 1.88. The summed E-state index contributed by atoms with van der Waals surface area (Å²) in [5.41, 5.74) is 2.07. The molecule has 0 aromatic carbocycles. The molecule has 2 saturated heterocycles. The van der Waals surface area contributed by atoms with Crippen molar-refractivity contribution in [2.45, 2.75) is 13.8 Å². The molecule has 138 valence electrons. The Kier molecular flexibility index (Phi) is 3.77. The van der Waals surface area contributed by atoms with E-state index >= 15 is 0 Å². The summed E-state index contributed by atoms with van der Waals surface area (Å²) in [5, 5.41) is 4.54. The fraction of sp³-hybridized carbons (Fsp3) is 0.421. The second-order valence-electron chi connectivity index (χ2n) is 7.47. The molecule has 3 aromatic heterocycles. The first-order valence-corrected chi connectivity index (χ1v) is 9.29. The zero-order chi connectivity index (χ0) is 18.4. The smallest absolute Gasteiger partial charge is 0.159 e. The number of hydrogen-bond donors (Lipinski definition) is 0. The molecule has 2 aliphatic heterocycles. The van der Waals surface area contributed by atoms with Crippen LogP contribution in [-0.2, 0) is 0 Å². The Balaban J connectivity index is 1.32. The molecule has 0 bridgehead atoms. The standard InChI is InChI=1S/C19H22N8/c1-13-5-14(2)27(24-13)19-6-18(22-12-23-19)26-9-15-7-25(8-16(15)10-26)17-3-4-20-11-21-17/h3-6,11-12,15-16H,7-10H2,1-2H3. The number of nitrogens with zero attached hydrogens (tertiary/aromatic N) is 8. The number of anilines is 2. The van der Waals surface area contributed by atoms with E-state index in [9.17, 15) is 0 Å². The van der Waals surface area contributed by atoms with E-state index in [0.29, 0.717) is 11.8 Å². The molecule has 3 aromatic rings. The van der Waals surface area contributed by atoms with Crippen LogP contribution in [0.3, 0.4) is 0 Å². The second-order valence-corrected chi connectivity index (χ2v) is 7.47. The molecule has 2 unspecified atom stereocenters. The Morgan fingerprint density at radius 3 is 2.11 bits per heavy atom. The van der Waals surface area contributed by atoms with Crippen LogP contribution in [0.4, 0.5) is 11.6 Å².